The first kappa shape index (κ1) is 12.2. The Hall–Kier alpha value is -0.790. The summed E-state index contributed by atoms with van der Waals surface area (Å²) in [5.74, 6) is 0.143. The maximum atomic E-state index is 11.4. The molecule has 0 aromatic rings. The quantitative estimate of drug-likeness (QED) is 0.666. The predicted molar refractivity (Wildman–Crippen MR) is 56.5 cm³/mol. The molecule has 0 fully saturated rings. The normalized spacial score (nSPS) is 13.4. The van der Waals surface area contributed by atoms with E-state index >= 15 is 0 Å². The van der Waals surface area contributed by atoms with Gasteiger partial charge in [0.25, 0.3) is 0 Å². The van der Waals surface area contributed by atoms with Gasteiger partial charge >= 0.3 is 0 Å². The van der Waals surface area contributed by atoms with Crippen molar-refractivity contribution in [1.29, 1.82) is 0 Å². The zero-order valence-electron chi connectivity index (χ0n) is 9.56. The highest BCUT2D eigenvalue weighted by Crippen LogP contribution is 2.14. The first-order chi connectivity index (χ1) is 5.63. The smallest absolute Gasteiger partial charge is 0.162 e. The van der Waals surface area contributed by atoms with Gasteiger partial charge in [-0.05, 0) is 26.8 Å². The Bertz CT molecular complexity index is 203. The monoisotopic (exact) mass is 183 g/mol. The van der Waals surface area contributed by atoms with Crippen LogP contribution in [0.5, 0.6) is 0 Å². The lowest BCUT2D eigenvalue weighted by Crippen LogP contribution is -2.31. The van der Waals surface area contributed by atoms with E-state index in [1.807, 2.05) is 20.8 Å². The lowest BCUT2D eigenvalue weighted by Gasteiger charge is -2.19. The number of hydrogen-bond donors (Lipinski definition) is 1. The van der Waals surface area contributed by atoms with Crippen molar-refractivity contribution >= 4 is 5.78 Å². The number of rotatable bonds is 2. The van der Waals surface area contributed by atoms with Crippen LogP contribution < -0.4 is 5.32 Å². The van der Waals surface area contributed by atoms with E-state index in [0.717, 1.165) is 0 Å². The van der Waals surface area contributed by atoms with Crippen LogP contribution >= 0.6 is 0 Å². The summed E-state index contributed by atoms with van der Waals surface area (Å²) in [5, 5.41) is 3.12. The van der Waals surface area contributed by atoms with Gasteiger partial charge < -0.3 is 5.32 Å². The van der Waals surface area contributed by atoms with Gasteiger partial charge in [-0.25, -0.2) is 0 Å². The average molecular weight is 183 g/mol. The Balaban J connectivity index is 4.09. The molecule has 1 N–H and O–H groups in total. The van der Waals surface area contributed by atoms with Crippen molar-refractivity contribution in [3.63, 3.8) is 0 Å². The molecule has 0 saturated heterocycles. The topological polar surface area (TPSA) is 29.1 Å². The van der Waals surface area contributed by atoms with Gasteiger partial charge in [0, 0.05) is 17.2 Å². The van der Waals surface area contributed by atoms with Gasteiger partial charge in [-0.1, -0.05) is 20.8 Å². The minimum absolute atomic E-state index is 0.0225. The molecule has 0 spiro atoms. The fourth-order valence-corrected chi connectivity index (χ4v) is 0.617. The highest BCUT2D eigenvalue weighted by molar-refractivity contribution is 5.93. The largest absolute Gasteiger partial charge is 0.386 e. The third-order valence-corrected chi connectivity index (χ3v) is 1.49. The summed E-state index contributed by atoms with van der Waals surface area (Å²) in [5.41, 5.74) is -0.259. The van der Waals surface area contributed by atoms with Crippen LogP contribution in [0.1, 0.15) is 41.5 Å². The van der Waals surface area contributed by atoms with Crippen LogP contribution in [0.25, 0.3) is 0 Å². The molecule has 76 valence electrons. The molecular formula is C11H21NO. The predicted octanol–water partition coefficient (Wildman–Crippen LogP) is 2.50. The van der Waals surface area contributed by atoms with Crippen molar-refractivity contribution in [2.75, 3.05) is 0 Å². The van der Waals surface area contributed by atoms with Crippen molar-refractivity contribution in [3.05, 3.63) is 12.3 Å². The number of ketones is 1. The summed E-state index contributed by atoms with van der Waals surface area (Å²) in [6.45, 7) is 11.9. The second kappa shape index (κ2) is 3.95. The third-order valence-electron chi connectivity index (χ3n) is 1.49. The molecule has 0 amide bonds. The second-order valence-electron chi connectivity index (χ2n) is 5.34. The summed E-state index contributed by atoms with van der Waals surface area (Å²) in [4.78, 5) is 11.4. The zero-order valence-corrected chi connectivity index (χ0v) is 9.56. The molecule has 2 nitrogen and oxygen atoms in total. The van der Waals surface area contributed by atoms with Crippen molar-refractivity contribution < 1.29 is 4.79 Å². The summed E-state index contributed by atoms with van der Waals surface area (Å²) in [7, 11) is 0. The van der Waals surface area contributed by atoms with E-state index in [1.165, 1.54) is 0 Å². The lowest BCUT2D eigenvalue weighted by atomic mass is 9.91. The number of hydrogen-bond acceptors (Lipinski definition) is 2. The van der Waals surface area contributed by atoms with Gasteiger partial charge in [-0.2, -0.15) is 0 Å². The number of carbonyl (C=O) groups is 1. The van der Waals surface area contributed by atoms with E-state index in [0.29, 0.717) is 0 Å². The second-order valence-corrected chi connectivity index (χ2v) is 5.34. The first-order valence-electron chi connectivity index (χ1n) is 4.61. The number of allylic oxidation sites excluding steroid dienone is 1. The number of nitrogens with one attached hydrogen (secondary N) is 1. The molecule has 0 heterocycles. The van der Waals surface area contributed by atoms with Crippen LogP contribution in [-0.4, -0.2) is 11.3 Å². The van der Waals surface area contributed by atoms with Gasteiger partial charge in [0.1, 0.15) is 0 Å². The van der Waals surface area contributed by atoms with Crippen LogP contribution in [-0.2, 0) is 4.79 Å². The summed E-state index contributed by atoms with van der Waals surface area (Å²) >= 11 is 0. The Labute approximate surface area is 81.4 Å². The van der Waals surface area contributed by atoms with Crippen molar-refractivity contribution in [2.45, 2.75) is 47.1 Å². The molecule has 0 aromatic heterocycles. The highest BCUT2D eigenvalue weighted by atomic mass is 16.1. The van der Waals surface area contributed by atoms with Crippen LogP contribution in [0.2, 0.25) is 0 Å². The summed E-state index contributed by atoms with van der Waals surface area (Å²) < 4.78 is 0. The molecule has 0 atom stereocenters. The van der Waals surface area contributed by atoms with E-state index in [9.17, 15) is 4.79 Å². The van der Waals surface area contributed by atoms with Gasteiger partial charge in [0.05, 0.1) is 0 Å². The molecule has 0 saturated carbocycles. The molecule has 0 rings (SSSR count). The molecule has 0 aliphatic rings. The molecule has 0 radical (unpaired) electrons. The Morgan fingerprint density at radius 3 is 1.85 bits per heavy atom. The Morgan fingerprint density at radius 2 is 1.54 bits per heavy atom. The average Bonchev–Trinajstić information content (AvgIpc) is 1.82. The van der Waals surface area contributed by atoms with E-state index in [-0.39, 0.29) is 16.7 Å². The molecule has 2 heteroatoms. The van der Waals surface area contributed by atoms with Gasteiger partial charge in [-0.3, -0.25) is 4.79 Å². The maximum Gasteiger partial charge on any atom is 0.162 e. The minimum Gasteiger partial charge on any atom is -0.386 e. The van der Waals surface area contributed by atoms with Crippen LogP contribution in [0.4, 0.5) is 0 Å². The maximum absolute atomic E-state index is 11.4. The third kappa shape index (κ3) is 6.38. The Kier molecular flexibility index (Phi) is 3.71. The van der Waals surface area contributed by atoms with Crippen molar-refractivity contribution in [1.82, 2.24) is 5.32 Å². The highest BCUT2D eigenvalue weighted by Gasteiger charge is 2.18. The number of carbonyl (C=O) groups excluding carboxylic acids is 1. The SMILES string of the molecule is CC(C)(C)N/C=C/C(=O)C(C)(C)C. The van der Waals surface area contributed by atoms with Crippen molar-refractivity contribution in [2.24, 2.45) is 5.41 Å². The van der Waals surface area contributed by atoms with Gasteiger partial charge in [0.15, 0.2) is 5.78 Å². The molecule has 0 unspecified atom stereocenters. The van der Waals surface area contributed by atoms with Crippen LogP contribution in [0, 0.1) is 5.41 Å². The molecule has 0 bridgehead atoms. The minimum atomic E-state index is -0.282. The van der Waals surface area contributed by atoms with Gasteiger partial charge in [0.2, 0.25) is 0 Å². The zero-order chi connectivity index (χ0) is 10.7. The van der Waals surface area contributed by atoms with Crippen molar-refractivity contribution in [3.8, 4) is 0 Å². The van der Waals surface area contributed by atoms with E-state index in [2.05, 4.69) is 26.1 Å². The van der Waals surface area contributed by atoms with Gasteiger partial charge in [-0.15, -0.1) is 0 Å². The summed E-state index contributed by atoms with van der Waals surface area (Å²) in [6, 6.07) is 0. The molecule has 13 heavy (non-hydrogen) atoms. The summed E-state index contributed by atoms with van der Waals surface area (Å²) in [6.07, 6.45) is 3.33. The molecule has 0 aliphatic carbocycles. The lowest BCUT2D eigenvalue weighted by molar-refractivity contribution is -0.121. The molecular weight excluding hydrogens is 162 g/mol. The van der Waals surface area contributed by atoms with Crippen LogP contribution in [0.15, 0.2) is 12.3 Å². The fourth-order valence-electron chi connectivity index (χ4n) is 0.617. The van der Waals surface area contributed by atoms with E-state index < -0.39 is 0 Å². The van der Waals surface area contributed by atoms with E-state index in [4.69, 9.17) is 0 Å². The van der Waals surface area contributed by atoms with E-state index in [1.54, 1.807) is 12.3 Å². The fraction of sp³-hybridized carbons (Fsp3) is 0.727. The van der Waals surface area contributed by atoms with Crippen LogP contribution in [0.3, 0.4) is 0 Å². The molecule has 0 aliphatic heterocycles. The molecule has 0 aromatic carbocycles. The standard InChI is InChI=1S/C11H21NO/c1-10(2,3)9(13)7-8-12-11(4,5)6/h7-8,12H,1-6H3/b8-7+. The Morgan fingerprint density at radius 1 is 1.08 bits per heavy atom. The first-order valence-corrected chi connectivity index (χ1v) is 4.61.